The lowest BCUT2D eigenvalue weighted by Crippen LogP contribution is -2.18. The molecule has 170 valence electrons. The molecule has 3 N–H and O–H groups in total. The van der Waals surface area contributed by atoms with Gasteiger partial charge in [0.1, 0.15) is 11.5 Å². The van der Waals surface area contributed by atoms with Crippen molar-refractivity contribution >= 4 is 40.0 Å². The Kier molecular flexibility index (Phi) is 6.01. The monoisotopic (exact) mass is 476 g/mol. The molecule has 0 saturated heterocycles. The molecule has 0 unspecified atom stereocenters. The molecule has 2 heterocycles. The Bertz CT molecular complexity index is 1520. The summed E-state index contributed by atoms with van der Waals surface area (Å²) in [5, 5.41) is 16.7. The highest BCUT2D eigenvalue weighted by Gasteiger charge is 2.21. The Morgan fingerprint density at radius 1 is 1.24 bits per heavy atom. The summed E-state index contributed by atoms with van der Waals surface area (Å²) in [5.41, 5.74) is 8.31. The average Bonchev–Trinajstić information content (AvgIpc) is 3.06. The van der Waals surface area contributed by atoms with Crippen LogP contribution in [0.4, 0.5) is 10.1 Å². The second kappa shape index (κ2) is 8.92. The first-order valence-electron chi connectivity index (χ1n) is 10.1. The van der Waals surface area contributed by atoms with E-state index in [4.69, 9.17) is 17.3 Å². The number of hydrogen-bond acceptors (Lipinski definition) is 5. The van der Waals surface area contributed by atoms with Gasteiger partial charge in [0.25, 0.3) is 11.8 Å². The molecule has 0 aliphatic carbocycles. The van der Waals surface area contributed by atoms with E-state index in [9.17, 15) is 19.2 Å². The van der Waals surface area contributed by atoms with Gasteiger partial charge in [-0.05, 0) is 37.6 Å². The minimum Gasteiger partial charge on any atom is -0.364 e. The van der Waals surface area contributed by atoms with E-state index in [1.165, 1.54) is 12.1 Å². The average molecular weight is 477 g/mol. The third-order valence-electron chi connectivity index (χ3n) is 5.43. The summed E-state index contributed by atoms with van der Waals surface area (Å²) in [6, 6.07) is 12.9. The van der Waals surface area contributed by atoms with Gasteiger partial charge in [-0.25, -0.2) is 9.37 Å². The first-order chi connectivity index (χ1) is 16.2. The molecule has 4 aromatic rings. The number of nitrogens with one attached hydrogen (secondary N) is 1. The predicted molar refractivity (Wildman–Crippen MR) is 125 cm³/mol. The molecule has 0 fully saturated rings. The lowest BCUT2D eigenvalue weighted by Gasteiger charge is -2.11. The van der Waals surface area contributed by atoms with Crippen molar-refractivity contribution in [3.8, 4) is 6.07 Å². The molecule has 0 spiro atoms. The number of primary amides is 1. The lowest BCUT2D eigenvalue weighted by molar-refractivity contribution is 0.0996. The van der Waals surface area contributed by atoms with Crippen molar-refractivity contribution in [2.45, 2.75) is 20.4 Å². The molecule has 8 nitrogen and oxygen atoms in total. The fourth-order valence-corrected chi connectivity index (χ4v) is 3.84. The number of amides is 2. The van der Waals surface area contributed by atoms with Gasteiger partial charge in [0.05, 0.1) is 51.4 Å². The Hall–Kier alpha value is -4.29. The number of anilines is 1. The smallest absolute Gasteiger partial charge is 0.267 e. The fourth-order valence-electron chi connectivity index (χ4n) is 3.68. The number of halogens is 2. The molecule has 0 atom stereocenters. The third-order valence-corrected chi connectivity index (χ3v) is 5.72. The van der Waals surface area contributed by atoms with E-state index >= 15 is 0 Å². The van der Waals surface area contributed by atoms with Crippen LogP contribution in [0.2, 0.25) is 5.02 Å². The van der Waals surface area contributed by atoms with Crippen molar-refractivity contribution in [2.24, 2.45) is 5.73 Å². The van der Waals surface area contributed by atoms with Crippen molar-refractivity contribution in [3.05, 3.63) is 87.1 Å². The molecule has 0 saturated carbocycles. The zero-order valence-electron chi connectivity index (χ0n) is 18.2. The summed E-state index contributed by atoms with van der Waals surface area (Å²) in [4.78, 5) is 29.0. The Balaban J connectivity index is 1.73. The van der Waals surface area contributed by atoms with Crippen LogP contribution in [0.5, 0.6) is 0 Å². The van der Waals surface area contributed by atoms with Gasteiger partial charge in [0.2, 0.25) is 0 Å². The molecular weight excluding hydrogens is 459 g/mol. The minimum atomic E-state index is -0.859. The van der Waals surface area contributed by atoms with E-state index in [1.807, 2.05) is 12.1 Å². The molecule has 10 heteroatoms. The number of carbonyl (C=O) groups is 2. The van der Waals surface area contributed by atoms with E-state index in [0.717, 1.165) is 11.6 Å². The highest BCUT2D eigenvalue weighted by Crippen LogP contribution is 2.27. The number of nitrogens with two attached hydrogens (primary N) is 1. The second-order valence-electron chi connectivity index (χ2n) is 7.63. The lowest BCUT2D eigenvalue weighted by atomic mass is 10.1. The maximum atomic E-state index is 14.0. The van der Waals surface area contributed by atoms with Crippen LogP contribution in [0.25, 0.3) is 10.9 Å². The number of aromatic nitrogens is 3. The van der Waals surface area contributed by atoms with E-state index in [0.29, 0.717) is 29.2 Å². The van der Waals surface area contributed by atoms with E-state index in [2.05, 4.69) is 21.5 Å². The number of fused-ring (bicyclic) bond motifs is 1. The number of nitriles is 1. The fraction of sp³-hybridized carbons (Fsp3) is 0.125. The van der Waals surface area contributed by atoms with Crippen LogP contribution in [0.15, 0.2) is 42.5 Å². The summed E-state index contributed by atoms with van der Waals surface area (Å²) >= 11 is 5.92. The Labute approximate surface area is 198 Å². The first kappa shape index (κ1) is 22.9. The van der Waals surface area contributed by atoms with Gasteiger partial charge in [0.15, 0.2) is 0 Å². The predicted octanol–water partition coefficient (Wildman–Crippen LogP) is 4.11. The molecule has 0 radical (unpaired) electrons. The Morgan fingerprint density at radius 3 is 2.68 bits per heavy atom. The number of pyridine rings is 1. The summed E-state index contributed by atoms with van der Waals surface area (Å²) in [6.07, 6.45) is 0. The summed E-state index contributed by atoms with van der Waals surface area (Å²) in [5.74, 6) is -2.16. The Morgan fingerprint density at radius 2 is 1.97 bits per heavy atom. The molecule has 34 heavy (non-hydrogen) atoms. The van der Waals surface area contributed by atoms with Gasteiger partial charge in [-0.15, -0.1) is 0 Å². The van der Waals surface area contributed by atoms with E-state index in [-0.39, 0.29) is 27.2 Å². The van der Waals surface area contributed by atoms with E-state index < -0.39 is 17.6 Å². The van der Waals surface area contributed by atoms with Gasteiger partial charge in [0, 0.05) is 11.5 Å². The third kappa shape index (κ3) is 4.19. The molecule has 2 amide bonds. The molecule has 2 aromatic heterocycles. The van der Waals surface area contributed by atoms with Crippen LogP contribution < -0.4 is 11.1 Å². The number of hydrogen-bond donors (Lipinski definition) is 2. The van der Waals surface area contributed by atoms with Crippen molar-refractivity contribution in [1.82, 2.24) is 14.8 Å². The van der Waals surface area contributed by atoms with Crippen molar-refractivity contribution in [3.63, 3.8) is 0 Å². The number of rotatable bonds is 5. The molecule has 0 bridgehead atoms. The zero-order valence-corrected chi connectivity index (χ0v) is 18.9. The second-order valence-corrected chi connectivity index (χ2v) is 8.04. The molecule has 0 aliphatic rings. The number of nitrogens with zero attached hydrogens (tertiary/aromatic N) is 4. The number of benzene rings is 2. The van der Waals surface area contributed by atoms with Crippen LogP contribution >= 0.6 is 11.6 Å². The summed E-state index contributed by atoms with van der Waals surface area (Å²) in [7, 11) is 0. The van der Waals surface area contributed by atoms with Gasteiger partial charge in [-0.3, -0.25) is 14.3 Å². The molecule has 4 rings (SSSR count). The maximum absolute atomic E-state index is 14.0. The highest BCUT2D eigenvalue weighted by atomic mass is 35.5. The molecule has 2 aromatic carbocycles. The number of aryl methyl sites for hydroxylation is 1. The van der Waals surface area contributed by atoms with Gasteiger partial charge in [-0.2, -0.15) is 10.4 Å². The largest absolute Gasteiger partial charge is 0.364 e. The van der Waals surface area contributed by atoms with Crippen molar-refractivity contribution in [1.29, 1.82) is 5.26 Å². The van der Waals surface area contributed by atoms with Crippen LogP contribution in [-0.2, 0) is 6.54 Å². The van der Waals surface area contributed by atoms with Crippen molar-refractivity contribution in [2.75, 3.05) is 5.32 Å². The first-order valence-corrected chi connectivity index (χ1v) is 10.5. The van der Waals surface area contributed by atoms with Crippen LogP contribution in [0.3, 0.4) is 0 Å². The quantitative estimate of drug-likeness (QED) is 0.448. The van der Waals surface area contributed by atoms with Gasteiger partial charge >= 0.3 is 0 Å². The maximum Gasteiger partial charge on any atom is 0.267 e. The topological polar surface area (TPSA) is 127 Å². The SMILES string of the molecule is Cc1nn(Cc2ccccc2C#N)c(C)c1NC(=O)c1cc(C(N)=O)nc2cc(F)c(Cl)cc12. The normalized spacial score (nSPS) is 10.8. The van der Waals surface area contributed by atoms with Crippen molar-refractivity contribution < 1.29 is 14.0 Å². The molecular formula is C24H18ClFN6O2. The standard InChI is InChI=1S/C24H18ClFN6O2/c1-12-22(13(2)32(31-12)11-15-6-4-3-5-14(15)10-27)30-24(34)17-8-21(23(28)33)29-20-9-19(26)18(25)7-16(17)20/h3-9H,11H2,1-2H3,(H2,28,33)(H,30,34). The molecule has 0 aliphatic heterocycles. The zero-order chi connectivity index (χ0) is 24.6. The minimum absolute atomic E-state index is 0.0575. The highest BCUT2D eigenvalue weighted by molar-refractivity contribution is 6.31. The van der Waals surface area contributed by atoms with Crippen LogP contribution in [0.1, 0.15) is 43.4 Å². The van der Waals surface area contributed by atoms with E-state index in [1.54, 1.807) is 30.7 Å². The summed E-state index contributed by atoms with van der Waals surface area (Å²) < 4.78 is 15.7. The van der Waals surface area contributed by atoms with Gasteiger partial charge < -0.3 is 11.1 Å². The summed E-state index contributed by atoms with van der Waals surface area (Å²) in [6.45, 7) is 3.86. The number of carbonyl (C=O) groups excluding carboxylic acids is 2. The van der Waals surface area contributed by atoms with Crippen LogP contribution in [0, 0.1) is 31.0 Å². The van der Waals surface area contributed by atoms with Crippen LogP contribution in [-0.4, -0.2) is 26.6 Å². The van der Waals surface area contributed by atoms with Gasteiger partial charge in [-0.1, -0.05) is 29.8 Å².